The van der Waals surface area contributed by atoms with E-state index in [-0.39, 0.29) is 40.4 Å². The van der Waals surface area contributed by atoms with Crippen LogP contribution in [0.1, 0.15) is 22.8 Å². The number of aromatic hydroxyl groups is 1. The number of halogens is 2. The van der Waals surface area contributed by atoms with Gasteiger partial charge in [0.05, 0.1) is 5.57 Å². The summed E-state index contributed by atoms with van der Waals surface area (Å²) in [5.74, 6) is -3.35. The van der Waals surface area contributed by atoms with Crippen molar-refractivity contribution in [3.63, 3.8) is 0 Å². The minimum absolute atomic E-state index is 0.0506. The number of esters is 2. The number of phenolic OH excluding ortho intramolecular Hbond substituents is 1. The zero-order valence-corrected chi connectivity index (χ0v) is 19.8. The van der Waals surface area contributed by atoms with E-state index in [1.165, 1.54) is 24.3 Å². The smallest absolute Gasteiger partial charge is 0.341 e. The van der Waals surface area contributed by atoms with E-state index in [9.17, 15) is 28.3 Å². The standard InChI is InChI=1S/C27H20F2O6S/c1-27(17-5-3-2-4-6-17)21(15-24(31)35-27)26(33)36-12-11-34-25(32)20-13-16(7-10-23(20)30)19-9-8-18(28)14-22(19)29/h2-10,13-15,30H,11-12H2,1H3. The van der Waals surface area contributed by atoms with Crippen molar-refractivity contribution in [2.24, 2.45) is 0 Å². The lowest BCUT2D eigenvalue weighted by Crippen LogP contribution is -2.28. The molecule has 0 spiro atoms. The van der Waals surface area contributed by atoms with Crippen LogP contribution in [0, 0.1) is 11.6 Å². The fraction of sp³-hybridized carbons (Fsp3) is 0.148. The van der Waals surface area contributed by atoms with Crippen molar-refractivity contribution in [2.75, 3.05) is 12.4 Å². The lowest BCUT2D eigenvalue weighted by molar-refractivity contribution is -0.145. The quantitative estimate of drug-likeness (QED) is 0.347. The summed E-state index contributed by atoms with van der Waals surface area (Å²) in [7, 11) is 0. The summed E-state index contributed by atoms with van der Waals surface area (Å²) >= 11 is 0.853. The Hall–Kier alpha value is -3.98. The molecular formula is C27H20F2O6S. The van der Waals surface area contributed by atoms with Crippen molar-refractivity contribution in [1.82, 2.24) is 0 Å². The first-order valence-corrected chi connectivity index (χ1v) is 11.8. The molecule has 3 aromatic rings. The van der Waals surface area contributed by atoms with Crippen molar-refractivity contribution in [1.29, 1.82) is 0 Å². The molecule has 3 aromatic carbocycles. The summed E-state index contributed by atoms with van der Waals surface area (Å²) in [4.78, 5) is 37.3. The van der Waals surface area contributed by atoms with Crippen LogP contribution in [0.25, 0.3) is 11.1 Å². The third-order valence-electron chi connectivity index (χ3n) is 5.63. The second-order valence-corrected chi connectivity index (χ2v) is 9.07. The molecule has 1 heterocycles. The molecule has 1 aliphatic rings. The van der Waals surface area contributed by atoms with Crippen LogP contribution in [0.15, 0.2) is 78.4 Å². The highest BCUT2D eigenvalue weighted by Gasteiger charge is 2.43. The molecule has 4 rings (SSSR count). The molecule has 6 nitrogen and oxygen atoms in total. The molecule has 9 heteroatoms. The van der Waals surface area contributed by atoms with Crippen LogP contribution >= 0.6 is 11.8 Å². The zero-order chi connectivity index (χ0) is 25.9. The van der Waals surface area contributed by atoms with Crippen LogP contribution in [0.4, 0.5) is 8.78 Å². The molecule has 0 aliphatic carbocycles. The normalized spacial score (nSPS) is 16.9. The Bertz CT molecular complexity index is 1370. The van der Waals surface area contributed by atoms with E-state index in [4.69, 9.17) is 9.47 Å². The number of carbonyl (C=O) groups is 3. The Morgan fingerprint density at radius 1 is 1.06 bits per heavy atom. The molecule has 0 bridgehead atoms. The average molecular weight is 511 g/mol. The summed E-state index contributed by atoms with van der Waals surface area (Å²) in [6, 6.07) is 15.7. The zero-order valence-electron chi connectivity index (χ0n) is 19.0. The molecule has 0 saturated carbocycles. The fourth-order valence-electron chi connectivity index (χ4n) is 3.78. The molecular weight excluding hydrogens is 490 g/mol. The van der Waals surface area contributed by atoms with Crippen LogP contribution in [0.2, 0.25) is 0 Å². The Kier molecular flexibility index (Phi) is 7.21. The van der Waals surface area contributed by atoms with Gasteiger partial charge in [0.25, 0.3) is 0 Å². The van der Waals surface area contributed by atoms with Gasteiger partial charge < -0.3 is 14.6 Å². The van der Waals surface area contributed by atoms with Crippen molar-refractivity contribution >= 4 is 28.8 Å². The number of benzene rings is 3. The van der Waals surface area contributed by atoms with E-state index in [0.29, 0.717) is 5.56 Å². The number of phenols is 1. The Labute approximate surface area is 209 Å². The first-order chi connectivity index (χ1) is 17.2. The maximum absolute atomic E-state index is 14.1. The predicted octanol–water partition coefficient (Wildman–Crippen LogP) is 5.15. The molecule has 0 fully saturated rings. The van der Waals surface area contributed by atoms with Crippen LogP contribution in [0.5, 0.6) is 5.75 Å². The predicted molar refractivity (Wildman–Crippen MR) is 129 cm³/mol. The van der Waals surface area contributed by atoms with Gasteiger partial charge in [0.15, 0.2) is 5.60 Å². The lowest BCUT2D eigenvalue weighted by atomic mass is 9.89. The maximum atomic E-state index is 14.1. The molecule has 1 aliphatic heterocycles. The number of thioether (sulfide) groups is 1. The SMILES string of the molecule is CC1(c2ccccc2)OC(=O)C=C1C(=O)SCCOC(=O)c1cc(-c2ccc(F)cc2F)ccc1O. The van der Waals surface area contributed by atoms with Gasteiger partial charge in [-0.25, -0.2) is 18.4 Å². The second-order valence-electron chi connectivity index (χ2n) is 8.01. The summed E-state index contributed by atoms with van der Waals surface area (Å²) in [6.45, 7) is 1.46. The summed E-state index contributed by atoms with van der Waals surface area (Å²) < 4.78 is 37.9. The summed E-state index contributed by atoms with van der Waals surface area (Å²) in [6.07, 6.45) is 1.16. The fourth-order valence-corrected chi connectivity index (χ4v) is 4.54. The average Bonchev–Trinajstić information content (AvgIpc) is 3.18. The topological polar surface area (TPSA) is 89.9 Å². The molecule has 0 radical (unpaired) electrons. The van der Waals surface area contributed by atoms with E-state index >= 15 is 0 Å². The highest BCUT2D eigenvalue weighted by molar-refractivity contribution is 8.14. The first-order valence-electron chi connectivity index (χ1n) is 10.8. The van der Waals surface area contributed by atoms with Gasteiger partial charge in [0.1, 0.15) is 29.6 Å². The summed E-state index contributed by atoms with van der Waals surface area (Å²) in [5, 5.41) is 9.67. The lowest BCUT2D eigenvalue weighted by Gasteiger charge is -2.26. The third-order valence-corrected chi connectivity index (χ3v) is 6.49. The number of carbonyl (C=O) groups excluding carboxylic acids is 3. The third kappa shape index (κ3) is 5.16. The Balaban J connectivity index is 1.38. The number of rotatable bonds is 7. The summed E-state index contributed by atoms with van der Waals surface area (Å²) in [5.41, 5.74) is -0.297. The first kappa shape index (κ1) is 25.1. The van der Waals surface area contributed by atoms with Crippen LogP contribution in [-0.4, -0.2) is 34.5 Å². The van der Waals surface area contributed by atoms with Gasteiger partial charge in [0, 0.05) is 23.5 Å². The number of hydrogen-bond acceptors (Lipinski definition) is 7. The largest absolute Gasteiger partial charge is 0.507 e. The van der Waals surface area contributed by atoms with Crippen molar-refractivity contribution < 1.29 is 37.7 Å². The van der Waals surface area contributed by atoms with E-state index in [1.54, 1.807) is 31.2 Å². The number of cyclic esters (lactones) is 1. The molecule has 1 N–H and O–H groups in total. The van der Waals surface area contributed by atoms with Gasteiger partial charge in [-0.05, 0) is 42.3 Å². The van der Waals surface area contributed by atoms with Gasteiger partial charge in [0.2, 0.25) is 5.12 Å². The van der Waals surface area contributed by atoms with E-state index in [1.807, 2.05) is 6.07 Å². The van der Waals surface area contributed by atoms with Gasteiger partial charge in [-0.2, -0.15) is 0 Å². The molecule has 36 heavy (non-hydrogen) atoms. The molecule has 0 amide bonds. The minimum Gasteiger partial charge on any atom is -0.507 e. The van der Waals surface area contributed by atoms with Crippen molar-refractivity contribution in [3.05, 3.63) is 101 Å². The second kappa shape index (κ2) is 10.3. The van der Waals surface area contributed by atoms with Gasteiger partial charge in [-0.15, -0.1) is 0 Å². The number of ether oxygens (including phenoxy) is 2. The molecule has 184 valence electrons. The molecule has 1 unspecified atom stereocenters. The molecule has 0 aromatic heterocycles. The Morgan fingerprint density at radius 3 is 2.53 bits per heavy atom. The molecule has 0 saturated heterocycles. The minimum atomic E-state index is -1.22. The van der Waals surface area contributed by atoms with Crippen LogP contribution in [-0.2, 0) is 24.7 Å². The van der Waals surface area contributed by atoms with E-state index in [0.717, 1.165) is 30.0 Å². The van der Waals surface area contributed by atoms with Crippen LogP contribution < -0.4 is 0 Å². The van der Waals surface area contributed by atoms with Gasteiger partial charge >= 0.3 is 11.9 Å². The number of hydrogen-bond donors (Lipinski definition) is 1. The van der Waals surface area contributed by atoms with Crippen molar-refractivity contribution in [3.8, 4) is 16.9 Å². The van der Waals surface area contributed by atoms with E-state index < -0.39 is 34.3 Å². The van der Waals surface area contributed by atoms with Crippen molar-refractivity contribution in [2.45, 2.75) is 12.5 Å². The molecule has 1 atom stereocenters. The van der Waals surface area contributed by atoms with E-state index in [2.05, 4.69) is 0 Å². The monoisotopic (exact) mass is 510 g/mol. The highest BCUT2D eigenvalue weighted by Crippen LogP contribution is 2.40. The Morgan fingerprint density at radius 2 is 1.81 bits per heavy atom. The van der Waals surface area contributed by atoms with Gasteiger partial charge in [-0.1, -0.05) is 48.2 Å². The van der Waals surface area contributed by atoms with Gasteiger partial charge in [-0.3, -0.25) is 4.79 Å². The maximum Gasteiger partial charge on any atom is 0.341 e. The van der Waals surface area contributed by atoms with Crippen LogP contribution in [0.3, 0.4) is 0 Å². The highest BCUT2D eigenvalue weighted by atomic mass is 32.2.